The molecule has 0 bridgehead atoms. The van der Waals surface area contributed by atoms with Crippen molar-refractivity contribution in [2.24, 2.45) is 0 Å². The van der Waals surface area contributed by atoms with Crippen molar-refractivity contribution in [2.75, 3.05) is 7.11 Å². The Morgan fingerprint density at radius 2 is 2.29 bits per heavy atom. The van der Waals surface area contributed by atoms with Crippen molar-refractivity contribution in [1.82, 2.24) is 4.98 Å². The lowest BCUT2D eigenvalue weighted by atomic mass is 10.1. The summed E-state index contributed by atoms with van der Waals surface area (Å²) in [5, 5.41) is 9.14. The van der Waals surface area contributed by atoms with E-state index in [4.69, 9.17) is 9.84 Å². The van der Waals surface area contributed by atoms with Gasteiger partial charge in [-0.2, -0.15) is 0 Å². The zero-order valence-electron chi connectivity index (χ0n) is 8.95. The van der Waals surface area contributed by atoms with Crippen LogP contribution in [-0.4, -0.2) is 23.3 Å². The Hall–Kier alpha value is -1.09. The maximum Gasteiger partial charge on any atom is 0.215 e. The molecule has 3 nitrogen and oxygen atoms in total. The number of aromatic nitrogens is 1. The first-order valence-corrected chi connectivity index (χ1v) is 4.81. The molecule has 0 aliphatic rings. The summed E-state index contributed by atoms with van der Waals surface area (Å²) in [7, 11) is 1.62. The van der Waals surface area contributed by atoms with Crippen molar-refractivity contribution in [3.8, 4) is 5.88 Å². The van der Waals surface area contributed by atoms with Crippen LogP contribution in [-0.2, 0) is 6.42 Å². The van der Waals surface area contributed by atoms with Crippen LogP contribution in [0.2, 0.25) is 0 Å². The third-order valence-electron chi connectivity index (χ3n) is 2.13. The number of rotatable bonds is 4. The molecule has 0 amide bonds. The maximum absolute atomic E-state index is 9.14. The minimum absolute atomic E-state index is 0.252. The van der Waals surface area contributed by atoms with Crippen LogP contribution in [0, 0.1) is 6.92 Å². The van der Waals surface area contributed by atoms with E-state index in [0.29, 0.717) is 5.88 Å². The normalized spacial score (nSPS) is 12.6. The molecule has 1 N–H and O–H groups in total. The van der Waals surface area contributed by atoms with Gasteiger partial charge in [-0.25, -0.2) is 4.98 Å². The molecule has 0 fully saturated rings. The summed E-state index contributed by atoms with van der Waals surface area (Å²) in [6.07, 6.45) is 3.18. The fourth-order valence-corrected chi connectivity index (χ4v) is 1.35. The summed E-state index contributed by atoms with van der Waals surface area (Å²) < 4.78 is 5.07. The number of methoxy groups -OCH3 is 1. The van der Waals surface area contributed by atoms with Crippen LogP contribution in [0.5, 0.6) is 5.88 Å². The van der Waals surface area contributed by atoms with E-state index >= 15 is 0 Å². The Balaban J connectivity index is 2.66. The highest BCUT2D eigenvalue weighted by atomic mass is 16.5. The topological polar surface area (TPSA) is 42.4 Å². The van der Waals surface area contributed by atoms with Crippen LogP contribution in [0.4, 0.5) is 0 Å². The van der Waals surface area contributed by atoms with Gasteiger partial charge in [0.2, 0.25) is 5.88 Å². The van der Waals surface area contributed by atoms with E-state index in [1.165, 1.54) is 0 Å². The Morgan fingerprint density at radius 3 is 2.79 bits per heavy atom. The summed E-state index contributed by atoms with van der Waals surface area (Å²) in [6.45, 7) is 3.77. The Kier molecular flexibility index (Phi) is 3.89. The second-order valence-corrected chi connectivity index (χ2v) is 3.56. The zero-order chi connectivity index (χ0) is 10.6. The first-order valence-electron chi connectivity index (χ1n) is 4.81. The average molecular weight is 195 g/mol. The Bertz CT molecular complexity index is 297. The molecule has 0 saturated heterocycles. The fraction of sp³-hybridized carbons (Fsp3) is 0.545. The molecule has 0 spiro atoms. The van der Waals surface area contributed by atoms with Gasteiger partial charge in [0.25, 0.3) is 0 Å². The predicted molar refractivity (Wildman–Crippen MR) is 55.5 cm³/mol. The minimum atomic E-state index is -0.252. The molecule has 0 aromatic carbocycles. The molecule has 0 unspecified atom stereocenters. The third-order valence-corrected chi connectivity index (χ3v) is 2.13. The molecule has 0 aliphatic heterocycles. The molecule has 14 heavy (non-hydrogen) atoms. The van der Waals surface area contributed by atoms with Gasteiger partial charge in [-0.15, -0.1) is 0 Å². The molecule has 3 heteroatoms. The van der Waals surface area contributed by atoms with Gasteiger partial charge in [0, 0.05) is 11.8 Å². The van der Waals surface area contributed by atoms with Crippen molar-refractivity contribution in [3.63, 3.8) is 0 Å². The number of nitrogens with zero attached hydrogens (tertiary/aromatic N) is 1. The van der Waals surface area contributed by atoms with Crippen molar-refractivity contribution in [3.05, 3.63) is 23.4 Å². The lowest BCUT2D eigenvalue weighted by Crippen LogP contribution is -2.02. The minimum Gasteiger partial charge on any atom is -0.481 e. The highest BCUT2D eigenvalue weighted by Crippen LogP contribution is 2.15. The predicted octanol–water partition coefficient (Wildman–Crippen LogP) is 1.71. The molecule has 1 aromatic rings. The molecule has 1 heterocycles. The van der Waals surface area contributed by atoms with Crippen molar-refractivity contribution in [2.45, 2.75) is 32.8 Å². The van der Waals surface area contributed by atoms with E-state index < -0.39 is 0 Å². The molecular weight excluding hydrogens is 178 g/mol. The first kappa shape index (κ1) is 11.0. The molecule has 1 rings (SSSR count). The van der Waals surface area contributed by atoms with Crippen molar-refractivity contribution in [1.29, 1.82) is 0 Å². The Labute approximate surface area is 84.7 Å². The summed E-state index contributed by atoms with van der Waals surface area (Å²) >= 11 is 0. The summed E-state index contributed by atoms with van der Waals surface area (Å²) in [6, 6.07) is 2.05. The first-order chi connectivity index (χ1) is 6.63. The molecule has 0 radical (unpaired) electrons. The van der Waals surface area contributed by atoms with Crippen LogP contribution in [0.3, 0.4) is 0 Å². The van der Waals surface area contributed by atoms with Gasteiger partial charge >= 0.3 is 0 Å². The van der Waals surface area contributed by atoms with Gasteiger partial charge in [0.1, 0.15) is 0 Å². The standard InChI is InChI=1S/C11H17NO2/c1-8-6-10(5-4-9(2)13)7-12-11(8)14-3/h6-7,9,13H,4-5H2,1-3H3/t9-/m1/s1. The van der Waals surface area contributed by atoms with E-state index in [0.717, 1.165) is 24.0 Å². The summed E-state index contributed by atoms with van der Waals surface area (Å²) in [4.78, 5) is 4.17. The number of hydrogen-bond donors (Lipinski definition) is 1. The molecule has 78 valence electrons. The van der Waals surface area contributed by atoms with Crippen molar-refractivity contribution >= 4 is 0 Å². The number of ether oxygens (including phenoxy) is 1. The zero-order valence-corrected chi connectivity index (χ0v) is 8.95. The van der Waals surface area contributed by atoms with Crippen LogP contribution >= 0.6 is 0 Å². The van der Waals surface area contributed by atoms with E-state index in [1.54, 1.807) is 20.2 Å². The number of aliphatic hydroxyl groups excluding tert-OH is 1. The van der Waals surface area contributed by atoms with E-state index in [9.17, 15) is 0 Å². The largest absolute Gasteiger partial charge is 0.481 e. The molecular formula is C11H17NO2. The van der Waals surface area contributed by atoms with E-state index in [-0.39, 0.29) is 6.10 Å². The number of aryl methyl sites for hydroxylation is 2. The number of pyridine rings is 1. The van der Waals surface area contributed by atoms with E-state index in [2.05, 4.69) is 4.98 Å². The molecule has 0 aliphatic carbocycles. The van der Waals surface area contributed by atoms with Gasteiger partial charge in [0.05, 0.1) is 13.2 Å². The number of hydrogen-bond acceptors (Lipinski definition) is 3. The lowest BCUT2D eigenvalue weighted by molar-refractivity contribution is 0.185. The fourth-order valence-electron chi connectivity index (χ4n) is 1.35. The summed E-state index contributed by atoms with van der Waals surface area (Å²) in [5.74, 6) is 0.672. The van der Waals surface area contributed by atoms with Crippen molar-refractivity contribution < 1.29 is 9.84 Å². The molecule has 1 aromatic heterocycles. The Morgan fingerprint density at radius 1 is 1.57 bits per heavy atom. The van der Waals surface area contributed by atoms with Gasteiger partial charge in [-0.05, 0) is 38.3 Å². The van der Waals surface area contributed by atoms with E-state index in [1.807, 2.05) is 13.0 Å². The van der Waals surface area contributed by atoms with Crippen LogP contribution in [0.25, 0.3) is 0 Å². The van der Waals surface area contributed by atoms with Gasteiger partial charge in [0.15, 0.2) is 0 Å². The second kappa shape index (κ2) is 4.96. The maximum atomic E-state index is 9.14. The lowest BCUT2D eigenvalue weighted by Gasteiger charge is -2.07. The highest BCUT2D eigenvalue weighted by Gasteiger charge is 2.02. The monoisotopic (exact) mass is 195 g/mol. The molecule has 0 saturated carbocycles. The SMILES string of the molecule is COc1ncc(CC[C@@H](C)O)cc1C. The summed E-state index contributed by atoms with van der Waals surface area (Å²) in [5.41, 5.74) is 2.18. The van der Waals surface area contributed by atoms with Crippen LogP contribution in [0.15, 0.2) is 12.3 Å². The molecule has 1 atom stereocenters. The van der Waals surface area contributed by atoms with Gasteiger partial charge < -0.3 is 9.84 Å². The van der Waals surface area contributed by atoms with Gasteiger partial charge in [-0.1, -0.05) is 0 Å². The average Bonchev–Trinajstić information content (AvgIpc) is 2.15. The highest BCUT2D eigenvalue weighted by molar-refractivity contribution is 5.28. The van der Waals surface area contributed by atoms with Gasteiger partial charge in [-0.3, -0.25) is 0 Å². The number of aliphatic hydroxyl groups is 1. The smallest absolute Gasteiger partial charge is 0.215 e. The quantitative estimate of drug-likeness (QED) is 0.795. The second-order valence-electron chi connectivity index (χ2n) is 3.56. The van der Waals surface area contributed by atoms with Crippen LogP contribution < -0.4 is 4.74 Å². The van der Waals surface area contributed by atoms with Crippen LogP contribution in [0.1, 0.15) is 24.5 Å². The third kappa shape index (κ3) is 3.00.